The summed E-state index contributed by atoms with van der Waals surface area (Å²) < 4.78 is 18.7. The van der Waals surface area contributed by atoms with E-state index in [9.17, 15) is 0 Å². The second-order valence-corrected chi connectivity index (χ2v) is 9.84. The minimum atomic E-state index is -0.541. The number of methoxy groups -OCH3 is 1. The third-order valence-electron chi connectivity index (χ3n) is 6.74. The molecule has 2 saturated heterocycles. The number of anilines is 1. The number of rotatable bonds is 8. The summed E-state index contributed by atoms with van der Waals surface area (Å²) in [6.45, 7) is 2.35. The Morgan fingerprint density at radius 2 is 1.65 bits per heavy atom. The summed E-state index contributed by atoms with van der Waals surface area (Å²) in [6, 6.07) is 19.5. The van der Waals surface area contributed by atoms with Crippen LogP contribution in [-0.2, 0) is 14.2 Å². The van der Waals surface area contributed by atoms with Crippen molar-refractivity contribution in [1.82, 2.24) is 19.5 Å². The molecule has 1 aliphatic carbocycles. The third kappa shape index (κ3) is 5.78. The lowest BCUT2D eigenvalue weighted by Gasteiger charge is -2.23. The maximum absolute atomic E-state index is 6.38. The Kier molecular flexibility index (Phi) is 8.00. The van der Waals surface area contributed by atoms with E-state index in [4.69, 9.17) is 36.5 Å². The first-order valence-corrected chi connectivity index (χ1v) is 13.0. The lowest BCUT2D eigenvalue weighted by atomic mass is 10.2. The monoisotopic (exact) mass is 521 g/mol. The quantitative estimate of drug-likeness (QED) is 0.303. The summed E-state index contributed by atoms with van der Waals surface area (Å²) in [4.78, 5) is 13.7. The third-order valence-corrected chi connectivity index (χ3v) is 7.12. The van der Waals surface area contributed by atoms with Gasteiger partial charge in [-0.25, -0.2) is 15.0 Å². The van der Waals surface area contributed by atoms with Crippen molar-refractivity contribution in [2.75, 3.05) is 19.5 Å². The van der Waals surface area contributed by atoms with Crippen molar-refractivity contribution in [3.8, 4) is 11.5 Å². The van der Waals surface area contributed by atoms with Crippen LogP contribution >= 0.6 is 11.6 Å². The molecule has 4 heterocycles. The molecule has 0 radical (unpaired) electrons. The van der Waals surface area contributed by atoms with E-state index in [1.54, 1.807) is 13.4 Å². The van der Waals surface area contributed by atoms with Crippen LogP contribution in [0.2, 0.25) is 0 Å². The molecule has 37 heavy (non-hydrogen) atoms. The van der Waals surface area contributed by atoms with Crippen molar-refractivity contribution in [3.63, 3.8) is 0 Å². The van der Waals surface area contributed by atoms with E-state index >= 15 is 0 Å². The van der Waals surface area contributed by atoms with Gasteiger partial charge in [-0.3, -0.25) is 4.57 Å². The van der Waals surface area contributed by atoms with Crippen LogP contribution in [0.1, 0.15) is 60.8 Å². The highest BCUT2D eigenvalue weighted by Gasteiger charge is 2.36. The van der Waals surface area contributed by atoms with E-state index in [-0.39, 0.29) is 5.92 Å². The number of alkyl halides is 1. The standard InChI is InChI=1S/C23H24ClN5O2.C5H8O/c1-15(13-31-19(24)16-9-5-3-6-10-16)21-27-18-20(25)26-14-29(22(18)28-21)23(30-2)17-11-7-4-8-12-17;1-2-5-3-4(1)6-5/h3-12,14-15,19,23H,13,25H2,1-2H3;4-5H,1-3H2. The van der Waals surface area contributed by atoms with Gasteiger partial charge in [-0.05, 0) is 24.8 Å². The first-order valence-electron chi connectivity index (χ1n) is 12.6. The smallest absolute Gasteiger partial charge is 0.168 e. The van der Waals surface area contributed by atoms with Gasteiger partial charge < -0.3 is 19.9 Å². The van der Waals surface area contributed by atoms with Gasteiger partial charge in [0.05, 0.1) is 18.8 Å². The molecule has 2 bridgehead atoms. The fraction of sp³-hybridized carbons (Fsp3) is 0.393. The van der Waals surface area contributed by atoms with Gasteiger partial charge in [0.1, 0.15) is 12.2 Å². The number of nitrogen functional groups attached to an aromatic ring is 1. The number of halogens is 1. The average Bonchev–Trinajstić information content (AvgIpc) is 3.68. The number of imidazole rings is 1. The molecule has 2 N–H and O–H groups in total. The van der Waals surface area contributed by atoms with E-state index in [2.05, 4.69) is 9.97 Å². The zero-order valence-corrected chi connectivity index (χ0v) is 21.8. The summed E-state index contributed by atoms with van der Waals surface area (Å²) in [6.07, 6.45) is 6.64. The number of ether oxygens (including phenoxy) is 3. The number of hydrogen-bond acceptors (Lipinski definition) is 7. The Labute approximate surface area is 222 Å². The van der Waals surface area contributed by atoms with E-state index in [0.717, 1.165) is 11.1 Å². The fourth-order valence-electron chi connectivity index (χ4n) is 4.66. The molecule has 194 valence electrons. The largest absolute Gasteiger partial charge is 0.382 e. The molecular weight excluding hydrogens is 490 g/mol. The van der Waals surface area contributed by atoms with E-state index in [0.29, 0.717) is 42.0 Å². The molecule has 5 unspecified atom stereocenters. The first-order chi connectivity index (χ1) is 18.0. The van der Waals surface area contributed by atoms with E-state index < -0.39 is 11.8 Å². The highest BCUT2D eigenvalue weighted by molar-refractivity contribution is 6.19. The summed E-state index contributed by atoms with van der Waals surface area (Å²) in [5, 5.41) is 0. The molecule has 4 aliphatic heterocycles. The maximum Gasteiger partial charge on any atom is 0.168 e. The molecule has 7 rings (SSSR count). The molecule has 1 saturated carbocycles. The zero-order chi connectivity index (χ0) is 25.8. The lowest BCUT2D eigenvalue weighted by Crippen LogP contribution is -2.25. The van der Waals surface area contributed by atoms with E-state index in [1.807, 2.05) is 72.2 Å². The molecule has 5 atom stereocenters. The number of fused-ring (bicyclic) bond motifs is 2. The van der Waals surface area contributed by atoms with Gasteiger partial charge in [0.15, 0.2) is 29.1 Å². The molecule has 2 aromatic rings. The Hall–Kier alpha value is -3.04. The van der Waals surface area contributed by atoms with Crippen LogP contribution in [0.15, 0.2) is 67.0 Å². The van der Waals surface area contributed by atoms with Crippen molar-refractivity contribution in [2.24, 2.45) is 0 Å². The summed E-state index contributed by atoms with van der Waals surface area (Å²) in [5.74, 6) is 1.45. The summed E-state index contributed by atoms with van der Waals surface area (Å²) >= 11 is 6.38. The molecular formula is C28H32ClN5O3. The van der Waals surface area contributed by atoms with Crippen molar-refractivity contribution in [3.05, 3.63) is 83.9 Å². The van der Waals surface area contributed by atoms with Gasteiger partial charge in [-0.15, -0.1) is 0 Å². The van der Waals surface area contributed by atoms with Crippen molar-refractivity contribution >= 4 is 17.4 Å². The van der Waals surface area contributed by atoms with Gasteiger partial charge in [0.2, 0.25) is 0 Å². The molecule has 9 heteroatoms. The van der Waals surface area contributed by atoms with Crippen LogP contribution < -0.4 is 5.73 Å². The van der Waals surface area contributed by atoms with Crippen molar-refractivity contribution in [2.45, 2.75) is 56.1 Å². The van der Waals surface area contributed by atoms with Crippen LogP contribution in [0.3, 0.4) is 0 Å². The molecule has 0 aromatic heterocycles. The van der Waals surface area contributed by atoms with Crippen LogP contribution in [0.4, 0.5) is 5.82 Å². The van der Waals surface area contributed by atoms with Gasteiger partial charge >= 0.3 is 0 Å². The second kappa shape index (κ2) is 11.6. The zero-order valence-electron chi connectivity index (χ0n) is 21.0. The Morgan fingerprint density at radius 3 is 2.22 bits per heavy atom. The van der Waals surface area contributed by atoms with Gasteiger partial charge in [-0.2, -0.15) is 0 Å². The van der Waals surface area contributed by atoms with Crippen LogP contribution in [0.25, 0.3) is 11.5 Å². The van der Waals surface area contributed by atoms with Crippen molar-refractivity contribution < 1.29 is 14.2 Å². The molecule has 0 spiro atoms. The Balaban J connectivity index is 0.000000403. The topological polar surface area (TPSA) is 97.3 Å². The number of nitrogens with two attached hydrogens (primary N) is 1. The average molecular weight is 522 g/mol. The number of hydrogen-bond donors (Lipinski definition) is 1. The summed E-state index contributed by atoms with van der Waals surface area (Å²) in [5.41, 5.74) is 7.96. The Bertz CT molecular complexity index is 1240. The molecule has 0 amide bonds. The minimum absolute atomic E-state index is 0.0945. The lowest BCUT2D eigenvalue weighted by molar-refractivity contribution is -0.0647. The second-order valence-electron chi connectivity index (χ2n) is 9.44. The highest BCUT2D eigenvalue weighted by atomic mass is 35.5. The van der Waals surface area contributed by atoms with Crippen LogP contribution in [-0.4, -0.2) is 45.4 Å². The van der Waals surface area contributed by atoms with E-state index in [1.165, 1.54) is 19.3 Å². The highest BCUT2D eigenvalue weighted by Crippen LogP contribution is 2.36. The van der Waals surface area contributed by atoms with Gasteiger partial charge in [0.25, 0.3) is 0 Å². The first kappa shape index (κ1) is 25.6. The minimum Gasteiger partial charge on any atom is -0.382 e. The number of benzene rings is 2. The summed E-state index contributed by atoms with van der Waals surface area (Å²) in [7, 11) is 1.64. The van der Waals surface area contributed by atoms with Gasteiger partial charge in [-0.1, -0.05) is 79.2 Å². The normalized spacial score (nSPS) is 20.5. The Morgan fingerprint density at radius 1 is 1.03 bits per heavy atom. The molecule has 8 nitrogen and oxygen atoms in total. The maximum atomic E-state index is 6.38. The number of aromatic nitrogens is 4. The number of nitrogens with zero attached hydrogens (tertiary/aromatic N) is 4. The van der Waals surface area contributed by atoms with Crippen molar-refractivity contribution in [1.29, 1.82) is 0 Å². The van der Waals surface area contributed by atoms with Crippen LogP contribution in [0, 0.1) is 0 Å². The fourth-order valence-corrected chi connectivity index (χ4v) is 4.88. The predicted molar refractivity (Wildman–Crippen MR) is 142 cm³/mol. The molecule has 5 aliphatic rings. The SMILES string of the molecule is C1CC2CC1O2.COC(c1ccccc1)n1cnc(N)c2nc(C(C)COC(Cl)c3ccccc3)nc1-2. The molecule has 2 aromatic carbocycles. The van der Waals surface area contributed by atoms with Crippen LogP contribution in [0.5, 0.6) is 0 Å². The van der Waals surface area contributed by atoms with Gasteiger partial charge in [0, 0.05) is 18.6 Å². The molecule has 3 fully saturated rings. The predicted octanol–water partition coefficient (Wildman–Crippen LogP) is 5.55.